The highest BCUT2D eigenvalue weighted by Crippen LogP contribution is 2.74. The average Bonchev–Trinajstić information content (AvgIpc) is 3.72. The average molecular weight is 726 g/mol. The molecule has 12 nitrogen and oxygen atoms in total. The van der Waals surface area contributed by atoms with Crippen molar-refractivity contribution in [3.63, 3.8) is 0 Å². The molecule has 12 unspecified atom stereocenters. The molecule has 0 bridgehead atoms. The number of nitrogens with one attached hydrogen (secondary N) is 1. The van der Waals surface area contributed by atoms with Gasteiger partial charge in [0.05, 0.1) is 11.5 Å². The number of epoxide rings is 1. The number of aliphatic hydroxyl groups is 1. The number of ether oxygens (including phenoxy) is 5. The molecule has 2 saturated carbocycles. The van der Waals surface area contributed by atoms with E-state index in [1.54, 1.807) is 47.6 Å². The van der Waals surface area contributed by atoms with Gasteiger partial charge in [-0.1, -0.05) is 38.8 Å². The molecule has 52 heavy (non-hydrogen) atoms. The zero-order chi connectivity index (χ0) is 38.5. The lowest BCUT2D eigenvalue weighted by molar-refractivity contribution is -0.225. The number of alkyl carbamates (subject to hydrolysis) is 1. The first-order valence-electron chi connectivity index (χ1n) is 18.6. The van der Waals surface area contributed by atoms with Crippen LogP contribution in [0.25, 0.3) is 0 Å². The predicted molar refractivity (Wildman–Crippen MR) is 187 cm³/mol. The lowest BCUT2D eigenvalue weighted by atomic mass is 9.42. The van der Waals surface area contributed by atoms with Crippen molar-refractivity contribution in [3.8, 4) is 0 Å². The van der Waals surface area contributed by atoms with Gasteiger partial charge in [-0.25, -0.2) is 14.4 Å². The predicted octanol–water partition coefficient (Wildman–Crippen LogP) is 5.06. The third-order valence-corrected chi connectivity index (χ3v) is 13.3. The highest BCUT2D eigenvalue weighted by Gasteiger charge is 2.83. The maximum Gasteiger partial charge on any atom is 0.408 e. The number of esters is 3. The van der Waals surface area contributed by atoms with Crippen molar-refractivity contribution in [1.29, 1.82) is 0 Å². The summed E-state index contributed by atoms with van der Waals surface area (Å²) in [6.07, 6.45) is 3.03. The van der Waals surface area contributed by atoms with Gasteiger partial charge in [-0.2, -0.15) is 0 Å². The van der Waals surface area contributed by atoms with Crippen LogP contribution < -0.4 is 5.32 Å². The van der Waals surface area contributed by atoms with Crippen LogP contribution in [0.15, 0.2) is 34.9 Å². The number of carbonyl (C=O) groups excluding carboxylic acids is 5. The molecule has 6 rings (SSSR count). The van der Waals surface area contributed by atoms with Crippen LogP contribution in [0.2, 0.25) is 0 Å². The molecule has 12 heteroatoms. The molecule has 286 valence electrons. The van der Waals surface area contributed by atoms with Gasteiger partial charge in [0.15, 0.2) is 11.9 Å². The van der Waals surface area contributed by atoms with E-state index in [0.717, 1.165) is 11.1 Å². The van der Waals surface area contributed by atoms with Crippen molar-refractivity contribution < 1.29 is 52.8 Å². The number of cyclic esters (lactones) is 1. The zero-order valence-corrected chi connectivity index (χ0v) is 32.3. The van der Waals surface area contributed by atoms with Crippen LogP contribution in [0.5, 0.6) is 0 Å². The Bertz CT molecular complexity index is 1670. The minimum Gasteiger partial charge on any atom is -0.458 e. The molecule has 3 fully saturated rings. The summed E-state index contributed by atoms with van der Waals surface area (Å²) in [4.78, 5) is 65.9. The van der Waals surface area contributed by atoms with E-state index in [1.165, 1.54) is 13.0 Å². The van der Waals surface area contributed by atoms with Crippen LogP contribution in [-0.2, 0) is 42.9 Å². The Morgan fingerprint density at radius 3 is 2.31 bits per heavy atom. The first-order valence-corrected chi connectivity index (χ1v) is 18.6. The Labute approximate surface area is 306 Å². The van der Waals surface area contributed by atoms with Crippen molar-refractivity contribution in [1.82, 2.24) is 5.32 Å². The number of allylic oxidation sites excluding steroid dienone is 1. The fourth-order valence-electron chi connectivity index (χ4n) is 10.4. The number of fused-ring (bicyclic) bond motifs is 4. The van der Waals surface area contributed by atoms with E-state index < -0.39 is 88.0 Å². The summed E-state index contributed by atoms with van der Waals surface area (Å²) < 4.78 is 29.9. The van der Waals surface area contributed by atoms with Crippen molar-refractivity contribution in [2.45, 2.75) is 149 Å². The fourth-order valence-corrected chi connectivity index (χ4v) is 10.4. The molecule has 4 aliphatic carbocycles. The molecule has 2 heterocycles. The fraction of sp³-hybridized carbons (Fsp3) is 0.725. The van der Waals surface area contributed by atoms with E-state index in [2.05, 4.69) is 5.32 Å². The second-order valence-electron chi connectivity index (χ2n) is 17.7. The summed E-state index contributed by atoms with van der Waals surface area (Å²) in [7, 11) is 0. The van der Waals surface area contributed by atoms with Crippen molar-refractivity contribution in [3.05, 3.63) is 34.9 Å². The number of hydrogen-bond acceptors (Lipinski definition) is 11. The van der Waals surface area contributed by atoms with Crippen LogP contribution in [0.3, 0.4) is 0 Å². The lowest BCUT2D eigenvalue weighted by Crippen LogP contribution is -2.70. The second kappa shape index (κ2) is 12.5. The Morgan fingerprint density at radius 1 is 1.04 bits per heavy atom. The topological polar surface area (TPSA) is 167 Å². The van der Waals surface area contributed by atoms with Gasteiger partial charge in [-0.05, 0) is 96.8 Å². The SMILES string of the molecule is CC(=O)OC1C=C(C(C)C2CC(C)=C(C)C(=O)O2)C2(C)CCC3C(CC4OC45C(OC(=O)C(NC(=O)OC(C)(C)C)C(C)C)C=CC(=O)C35C)C12O. The molecule has 1 amide bonds. The number of carbonyl (C=O) groups is 5. The van der Waals surface area contributed by atoms with Crippen LogP contribution in [-0.4, -0.2) is 82.2 Å². The number of ketones is 1. The normalized spacial score (nSPS) is 40.3. The highest BCUT2D eigenvalue weighted by molar-refractivity contribution is 5.98. The van der Waals surface area contributed by atoms with Gasteiger partial charge >= 0.3 is 24.0 Å². The molecule has 0 aromatic heterocycles. The standard InChI is InChI=1S/C40H55NO11/c1-19(2)32(41-35(46)52-36(7,8)9)34(45)50-29-13-12-28(43)38(11)24-14-15-37(10)25(22(5)27-16-20(3)21(4)33(44)49-27)17-30(48-23(6)42)39(37,47)26(24)18-31-40(29,38)51-31/h12-13,17,19,22,24,26-27,29-32,47H,14-16,18H2,1-11H3,(H,41,46). The molecule has 1 spiro atoms. The summed E-state index contributed by atoms with van der Waals surface area (Å²) in [5.41, 5.74) is -3.22. The van der Waals surface area contributed by atoms with E-state index in [0.29, 0.717) is 31.3 Å². The Hall–Kier alpha value is -3.51. The first-order chi connectivity index (χ1) is 24.0. The van der Waals surface area contributed by atoms with E-state index in [9.17, 15) is 29.1 Å². The smallest absolute Gasteiger partial charge is 0.408 e. The number of amides is 1. The summed E-state index contributed by atoms with van der Waals surface area (Å²) in [6.45, 7) is 19.6. The van der Waals surface area contributed by atoms with Crippen LogP contribution >= 0.6 is 0 Å². The molecular formula is C40H55NO11. The van der Waals surface area contributed by atoms with Crippen LogP contribution in [0.1, 0.15) is 102 Å². The summed E-state index contributed by atoms with van der Waals surface area (Å²) in [6, 6.07) is -1.02. The highest BCUT2D eigenvalue weighted by atomic mass is 16.7. The lowest BCUT2D eigenvalue weighted by Gasteiger charge is -2.61. The minimum atomic E-state index is -1.61. The molecule has 6 aliphatic rings. The zero-order valence-electron chi connectivity index (χ0n) is 32.3. The van der Waals surface area contributed by atoms with E-state index in [-0.39, 0.29) is 23.6 Å². The molecule has 0 aromatic carbocycles. The largest absolute Gasteiger partial charge is 0.458 e. The molecule has 0 radical (unpaired) electrons. The maximum atomic E-state index is 14.2. The van der Waals surface area contributed by atoms with Gasteiger partial charge in [0.25, 0.3) is 0 Å². The molecule has 12 atom stereocenters. The number of hydrogen-bond donors (Lipinski definition) is 2. The quantitative estimate of drug-likeness (QED) is 0.156. The van der Waals surface area contributed by atoms with Crippen molar-refractivity contribution in [2.75, 3.05) is 0 Å². The van der Waals surface area contributed by atoms with Gasteiger partial charge in [0, 0.05) is 30.3 Å². The minimum absolute atomic E-state index is 0.188. The van der Waals surface area contributed by atoms with Crippen LogP contribution in [0.4, 0.5) is 4.79 Å². The Balaban J connectivity index is 1.31. The van der Waals surface area contributed by atoms with Crippen molar-refractivity contribution >= 4 is 29.8 Å². The van der Waals surface area contributed by atoms with Crippen LogP contribution in [0, 0.1) is 34.5 Å². The van der Waals surface area contributed by atoms with Crippen molar-refractivity contribution in [2.24, 2.45) is 34.5 Å². The molecular weight excluding hydrogens is 670 g/mol. The summed E-state index contributed by atoms with van der Waals surface area (Å²) in [5.74, 6) is -3.36. The van der Waals surface area contributed by atoms with Gasteiger partial charge in [0.1, 0.15) is 35.1 Å². The van der Waals surface area contributed by atoms with Gasteiger partial charge in [-0.3, -0.25) is 9.59 Å². The molecule has 2 aliphatic heterocycles. The number of rotatable bonds is 7. The molecule has 1 saturated heterocycles. The Kier molecular flexibility index (Phi) is 9.21. The van der Waals surface area contributed by atoms with Gasteiger partial charge < -0.3 is 34.1 Å². The third kappa shape index (κ3) is 5.56. The molecule has 0 aromatic rings. The van der Waals surface area contributed by atoms with E-state index >= 15 is 0 Å². The summed E-state index contributed by atoms with van der Waals surface area (Å²) >= 11 is 0. The monoisotopic (exact) mass is 725 g/mol. The first kappa shape index (κ1) is 38.2. The van der Waals surface area contributed by atoms with Gasteiger partial charge in [-0.15, -0.1) is 0 Å². The van der Waals surface area contributed by atoms with E-state index in [1.807, 2.05) is 33.8 Å². The third-order valence-electron chi connectivity index (χ3n) is 13.3. The second-order valence-corrected chi connectivity index (χ2v) is 17.7. The maximum absolute atomic E-state index is 14.2. The summed E-state index contributed by atoms with van der Waals surface area (Å²) in [5, 5.41) is 15.8. The molecule has 2 N–H and O–H groups in total. The Morgan fingerprint density at radius 2 is 1.71 bits per heavy atom. The van der Waals surface area contributed by atoms with E-state index in [4.69, 9.17) is 23.7 Å². The van der Waals surface area contributed by atoms with Gasteiger partial charge in [0.2, 0.25) is 0 Å².